The van der Waals surface area contributed by atoms with Gasteiger partial charge in [-0.25, -0.2) is 4.98 Å². The van der Waals surface area contributed by atoms with E-state index in [1.165, 1.54) is 11.3 Å². The van der Waals surface area contributed by atoms with Crippen LogP contribution in [-0.2, 0) is 4.74 Å². The van der Waals surface area contributed by atoms with Crippen molar-refractivity contribution in [1.29, 1.82) is 5.26 Å². The summed E-state index contributed by atoms with van der Waals surface area (Å²) in [5.41, 5.74) is 2.01. The van der Waals surface area contributed by atoms with Gasteiger partial charge >= 0.3 is 0 Å². The highest BCUT2D eigenvalue weighted by Gasteiger charge is 2.22. The average molecular weight is 443 g/mol. The molecule has 1 amide bonds. The van der Waals surface area contributed by atoms with Crippen molar-refractivity contribution in [3.05, 3.63) is 59.7 Å². The van der Waals surface area contributed by atoms with Crippen molar-refractivity contribution in [3.63, 3.8) is 0 Å². The van der Waals surface area contributed by atoms with Crippen LogP contribution in [-0.4, -0.2) is 55.2 Å². The van der Waals surface area contributed by atoms with Gasteiger partial charge in [0.2, 0.25) is 0 Å². The van der Waals surface area contributed by atoms with Gasteiger partial charge in [-0.2, -0.15) is 5.26 Å². The number of carbonyl (C=O) groups excluding carboxylic acids is 1. The van der Waals surface area contributed by atoms with E-state index in [-0.39, 0.29) is 18.3 Å². The van der Waals surface area contributed by atoms with Crippen molar-refractivity contribution >= 4 is 45.0 Å². The largest absolute Gasteiger partial charge is 0.379 e. The molecule has 0 aliphatic carbocycles. The highest BCUT2D eigenvalue weighted by Crippen LogP contribution is 2.29. The third-order valence-corrected chi connectivity index (χ3v) is 6.04. The summed E-state index contributed by atoms with van der Waals surface area (Å²) >= 11 is 1.53. The van der Waals surface area contributed by atoms with Gasteiger partial charge in [0.1, 0.15) is 0 Å². The SMILES string of the molecule is Cl.N#Cc1ccc(C(=O)N(CCCN2CCOCC2)c2nc3ccccc3s2)cc1. The van der Waals surface area contributed by atoms with Crippen molar-refractivity contribution in [2.45, 2.75) is 6.42 Å². The maximum absolute atomic E-state index is 13.3. The van der Waals surface area contributed by atoms with Crippen LogP contribution in [0.5, 0.6) is 0 Å². The van der Waals surface area contributed by atoms with Gasteiger partial charge in [-0.05, 0) is 42.8 Å². The monoisotopic (exact) mass is 442 g/mol. The summed E-state index contributed by atoms with van der Waals surface area (Å²) < 4.78 is 6.47. The second-order valence-electron chi connectivity index (χ2n) is 6.92. The average Bonchev–Trinajstić information content (AvgIpc) is 3.21. The molecule has 0 saturated carbocycles. The van der Waals surface area contributed by atoms with E-state index in [1.54, 1.807) is 29.2 Å². The minimum Gasteiger partial charge on any atom is -0.379 e. The molecule has 8 heteroatoms. The Morgan fingerprint density at radius 1 is 1.17 bits per heavy atom. The number of carbonyl (C=O) groups is 1. The van der Waals surface area contributed by atoms with Gasteiger partial charge in [-0.3, -0.25) is 14.6 Å². The first-order valence-corrected chi connectivity index (χ1v) is 10.5. The molecule has 1 aliphatic heterocycles. The number of rotatable bonds is 6. The maximum Gasteiger partial charge on any atom is 0.260 e. The Bertz CT molecular complexity index is 993. The first-order valence-electron chi connectivity index (χ1n) is 9.72. The van der Waals surface area contributed by atoms with Crippen molar-refractivity contribution in [2.75, 3.05) is 44.3 Å². The number of thiazole rings is 1. The summed E-state index contributed by atoms with van der Waals surface area (Å²) in [5, 5.41) is 9.72. The van der Waals surface area contributed by atoms with E-state index in [0.29, 0.717) is 22.8 Å². The van der Waals surface area contributed by atoms with Crippen LogP contribution >= 0.6 is 23.7 Å². The smallest absolute Gasteiger partial charge is 0.260 e. The minimum atomic E-state index is -0.0875. The number of hydrogen-bond acceptors (Lipinski definition) is 6. The lowest BCUT2D eigenvalue weighted by atomic mass is 10.1. The lowest BCUT2D eigenvalue weighted by molar-refractivity contribution is 0.0376. The molecule has 0 N–H and O–H groups in total. The molecule has 1 aliphatic rings. The van der Waals surface area contributed by atoms with Gasteiger partial charge in [-0.1, -0.05) is 23.5 Å². The van der Waals surface area contributed by atoms with Crippen molar-refractivity contribution in [2.24, 2.45) is 0 Å². The predicted molar refractivity (Wildman–Crippen MR) is 122 cm³/mol. The van der Waals surface area contributed by atoms with E-state index in [1.807, 2.05) is 24.3 Å². The fourth-order valence-corrected chi connectivity index (χ4v) is 4.37. The number of morpholine rings is 1. The summed E-state index contributed by atoms with van der Waals surface area (Å²) in [5.74, 6) is -0.0875. The fourth-order valence-electron chi connectivity index (χ4n) is 3.38. The summed E-state index contributed by atoms with van der Waals surface area (Å²) in [7, 11) is 0. The fraction of sp³-hybridized carbons (Fsp3) is 0.318. The number of para-hydroxylation sites is 1. The molecule has 30 heavy (non-hydrogen) atoms. The van der Waals surface area contributed by atoms with Gasteiger partial charge in [0.05, 0.1) is 35.1 Å². The zero-order valence-corrected chi connectivity index (χ0v) is 18.1. The van der Waals surface area contributed by atoms with Crippen LogP contribution < -0.4 is 4.90 Å². The van der Waals surface area contributed by atoms with Crippen molar-refractivity contribution < 1.29 is 9.53 Å². The zero-order valence-electron chi connectivity index (χ0n) is 16.5. The number of benzene rings is 2. The standard InChI is InChI=1S/C22H22N4O2S.ClH/c23-16-17-6-8-18(9-7-17)21(27)26(11-3-10-25-12-14-28-15-13-25)22-24-19-4-1-2-5-20(19)29-22;/h1-2,4-9H,3,10-15H2;1H. The van der Waals surface area contributed by atoms with Crippen LogP contribution in [0.15, 0.2) is 48.5 Å². The molecule has 0 spiro atoms. The molecule has 0 atom stereocenters. The molecule has 2 heterocycles. The molecule has 0 unspecified atom stereocenters. The lowest BCUT2D eigenvalue weighted by Crippen LogP contribution is -2.39. The lowest BCUT2D eigenvalue weighted by Gasteiger charge is -2.27. The number of anilines is 1. The van der Waals surface area contributed by atoms with Crippen LogP contribution in [0.1, 0.15) is 22.3 Å². The number of amides is 1. The number of nitriles is 1. The molecule has 1 saturated heterocycles. The molecular formula is C22H23ClN4O2S. The number of aromatic nitrogens is 1. The van der Waals surface area contributed by atoms with E-state index in [9.17, 15) is 4.79 Å². The molecule has 0 radical (unpaired) electrons. The summed E-state index contributed by atoms with van der Waals surface area (Å²) in [6.45, 7) is 4.92. The minimum absolute atomic E-state index is 0. The Labute approximate surface area is 186 Å². The van der Waals surface area contributed by atoms with Crippen LogP contribution in [0.3, 0.4) is 0 Å². The van der Waals surface area contributed by atoms with Crippen molar-refractivity contribution in [3.8, 4) is 6.07 Å². The van der Waals surface area contributed by atoms with E-state index in [0.717, 1.165) is 49.5 Å². The third kappa shape index (κ3) is 5.15. The summed E-state index contributed by atoms with van der Waals surface area (Å²) in [4.78, 5) is 22.1. The number of hydrogen-bond donors (Lipinski definition) is 0. The predicted octanol–water partition coefficient (Wildman–Crippen LogP) is 3.96. The third-order valence-electron chi connectivity index (χ3n) is 4.98. The van der Waals surface area contributed by atoms with E-state index < -0.39 is 0 Å². The molecule has 156 valence electrons. The topological polar surface area (TPSA) is 69.5 Å². The highest BCUT2D eigenvalue weighted by atomic mass is 35.5. The molecular weight excluding hydrogens is 420 g/mol. The number of halogens is 1. The van der Waals surface area contributed by atoms with Crippen LogP contribution in [0, 0.1) is 11.3 Å². The highest BCUT2D eigenvalue weighted by molar-refractivity contribution is 7.22. The molecule has 1 aromatic heterocycles. The molecule has 0 bridgehead atoms. The molecule has 1 fully saturated rings. The number of fused-ring (bicyclic) bond motifs is 1. The first-order chi connectivity index (χ1) is 14.2. The van der Waals surface area contributed by atoms with Crippen LogP contribution in [0.25, 0.3) is 10.2 Å². The Morgan fingerprint density at radius 3 is 2.60 bits per heavy atom. The van der Waals surface area contributed by atoms with Crippen LogP contribution in [0.4, 0.5) is 5.13 Å². The van der Waals surface area contributed by atoms with Gasteiger partial charge in [0.25, 0.3) is 5.91 Å². The Balaban J connectivity index is 0.00000256. The number of nitrogens with zero attached hydrogens (tertiary/aromatic N) is 4. The van der Waals surface area contributed by atoms with Crippen LogP contribution in [0.2, 0.25) is 0 Å². The molecule has 4 rings (SSSR count). The Morgan fingerprint density at radius 2 is 1.90 bits per heavy atom. The number of ether oxygens (including phenoxy) is 1. The zero-order chi connectivity index (χ0) is 20.1. The molecule has 6 nitrogen and oxygen atoms in total. The second-order valence-corrected chi connectivity index (χ2v) is 7.93. The van der Waals surface area contributed by atoms with Gasteiger partial charge in [0.15, 0.2) is 5.13 Å². The second kappa shape index (κ2) is 10.5. The molecule has 3 aromatic rings. The van der Waals surface area contributed by atoms with Gasteiger partial charge in [-0.15, -0.1) is 12.4 Å². The van der Waals surface area contributed by atoms with Gasteiger partial charge in [0, 0.05) is 31.7 Å². The van der Waals surface area contributed by atoms with E-state index in [2.05, 4.69) is 11.0 Å². The summed E-state index contributed by atoms with van der Waals surface area (Å²) in [6.07, 6.45) is 0.859. The van der Waals surface area contributed by atoms with E-state index >= 15 is 0 Å². The molecule has 2 aromatic carbocycles. The quantitative estimate of drug-likeness (QED) is 0.578. The Kier molecular flexibility index (Phi) is 7.77. The maximum atomic E-state index is 13.3. The Hall–Kier alpha value is -2.50. The normalized spacial score (nSPS) is 14.1. The van der Waals surface area contributed by atoms with E-state index in [4.69, 9.17) is 15.0 Å². The van der Waals surface area contributed by atoms with Crippen molar-refractivity contribution in [1.82, 2.24) is 9.88 Å². The first kappa shape index (κ1) is 22.2. The summed E-state index contributed by atoms with van der Waals surface area (Å²) in [6, 6.07) is 16.8. The van der Waals surface area contributed by atoms with Gasteiger partial charge < -0.3 is 4.74 Å².